The van der Waals surface area contributed by atoms with Crippen LogP contribution in [0.15, 0.2) is 30.6 Å². The highest BCUT2D eigenvalue weighted by Gasteiger charge is 2.69. The number of primary amides is 1. The minimum atomic E-state index is -2.73. The van der Waals surface area contributed by atoms with Gasteiger partial charge in [-0.15, -0.1) is 0 Å². The molecule has 2 saturated carbocycles. The van der Waals surface area contributed by atoms with Crippen molar-refractivity contribution < 1.29 is 34.2 Å². The second kappa shape index (κ2) is 8.39. The van der Waals surface area contributed by atoms with Gasteiger partial charge in [-0.3, -0.25) is 33.9 Å². The molecule has 0 bridgehead atoms. The first kappa shape index (κ1) is 24.9. The zero-order valence-corrected chi connectivity index (χ0v) is 20.6. The summed E-state index contributed by atoms with van der Waals surface area (Å²) in [7, 11) is 3.11. The Morgan fingerprint density at radius 2 is 1.81 bits per heavy atom. The van der Waals surface area contributed by atoms with Crippen molar-refractivity contribution in [1.29, 1.82) is 0 Å². The van der Waals surface area contributed by atoms with Gasteiger partial charge in [0.1, 0.15) is 5.75 Å². The molecular weight excluding hydrogens is 478 g/mol. The number of carbonyl (C=O) groups excluding carboxylic acids is 5. The molecule has 4 N–H and O–H groups in total. The van der Waals surface area contributed by atoms with Crippen LogP contribution in [0.3, 0.4) is 0 Å². The van der Waals surface area contributed by atoms with E-state index in [1.165, 1.54) is 11.0 Å². The van der Waals surface area contributed by atoms with E-state index >= 15 is 0 Å². The summed E-state index contributed by atoms with van der Waals surface area (Å²) in [6, 6.07) is 3.76. The molecule has 2 fully saturated rings. The summed E-state index contributed by atoms with van der Waals surface area (Å²) in [5, 5.41) is 22.3. The van der Waals surface area contributed by atoms with Crippen LogP contribution in [0.1, 0.15) is 27.9 Å². The molecule has 6 unspecified atom stereocenters. The Hall–Kier alpha value is -3.76. The molecule has 0 radical (unpaired) electrons. The van der Waals surface area contributed by atoms with E-state index in [4.69, 9.17) is 5.73 Å². The number of aromatic hydroxyl groups is 1. The maximum absolute atomic E-state index is 13.8. The Morgan fingerprint density at radius 1 is 1.11 bits per heavy atom. The number of aliphatic hydroxyl groups is 1. The maximum Gasteiger partial charge on any atom is 0.235 e. The number of likely N-dealkylation sites (N-methyl/N-ethyl adjacent to an activating group) is 1. The standard InChI is InChI=1S/C27H27N3O7/c1-11-10-29-7-6-13(11)14-4-5-17(31)19-15(14)8-12-9-16-21(30(2)3)23(33)20(26(28)36)25(35)27(16,37)24(34)18(12)22(19)32/h4-7,10,12,16,18,20-21,31,37H,8-9H2,1-3H3,(H2,28,36). The van der Waals surface area contributed by atoms with Gasteiger partial charge in [-0.2, -0.15) is 0 Å². The summed E-state index contributed by atoms with van der Waals surface area (Å²) in [5.74, 6) is -10.5. The number of rotatable bonds is 3. The first-order valence-corrected chi connectivity index (χ1v) is 12.0. The smallest absolute Gasteiger partial charge is 0.235 e. The Labute approximate surface area is 212 Å². The fraction of sp³-hybridized carbons (Fsp3) is 0.407. The van der Waals surface area contributed by atoms with E-state index in [2.05, 4.69) is 4.98 Å². The van der Waals surface area contributed by atoms with Crippen LogP contribution in [0.2, 0.25) is 0 Å². The Kier molecular flexibility index (Phi) is 5.65. The van der Waals surface area contributed by atoms with Crippen LogP contribution >= 0.6 is 0 Å². The average Bonchev–Trinajstić information content (AvgIpc) is 2.82. The highest BCUT2D eigenvalue weighted by atomic mass is 16.3. The van der Waals surface area contributed by atoms with E-state index < -0.39 is 64.4 Å². The third-order valence-corrected chi connectivity index (χ3v) is 8.26. The molecule has 37 heavy (non-hydrogen) atoms. The number of carbonyl (C=O) groups is 5. The Morgan fingerprint density at radius 3 is 2.43 bits per heavy atom. The predicted molar refractivity (Wildman–Crippen MR) is 129 cm³/mol. The van der Waals surface area contributed by atoms with E-state index in [0.717, 1.165) is 11.1 Å². The summed E-state index contributed by atoms with van der Waals surface area (Å²) < 4.78 is 0. The molecule has 0 aliphatic heterocycles. The molecule has 5 rings (SSSR count). The topological polar surface area (TPSA) is 168 Å². The summed E-state index contributed by atoms with van der Waals surface area (Å²) in [4.78, 5) is 71.7. The quantitative estimate of drug-likeness (QED) is 0.495. The number of phenolic OH excluding ortho intramolecular Hbond substituents is 1. The van der Waals surface area contributed by atoms with Gasteiger partial charge >= 0.3 is 0 Å². The minimum absolute atomic E-state index is 0.00825. The van der Waals surface area contributed by atoms with Crippen LogP contribution in [0.25, 0.3) is 11.1 Å². The number of nitrogens with two attached hydrogens (primary N) is 1. The lowest BCUT2D eigenvalue weighted by Gasteiger charge is -2.52. The predicted octanol–water partition coefficient (Wildman–Crippen LogP) is 0.237. The number of aromatic nitrogens is 1. The lowest BCUT2D eigenvalue weighted by molar-refractivity contribution is -0.181. The van der Waals surface area contributed by atoms with Gasteiger partial charge in [-0.1, -0.05) is 6.07 Å². The molecule has 6 atom stereocenters. The van der Waals surface area contributed by atoms with Gasteiger partial charge in [0.25, 0.3) is 0 Å². The van der Waals surface area contributed by atoms with E-state index in [9.17, 15) is 34.2 Å². The third kappa shape index (κ3) is 3.32. The molecular formula is C27H27N3O7. The number of nitrogens with zero attached hydrogens (tertiary/aromatic N) is 2. The number of phenols is 1. The highest BCUT2D eigenvalue weighted by molar-refractivity contribution is 6.32. The van der Waals surface area contributed by atoms with Gasteiger partial charge < -0.3 is 15.9 Å². The van der Waals surface area contributed by atoms with E-state index in [-0.39, 0.29) is 24.2 Å². The number of aryl methyl sites for hydroxylation is 1. The Balaban J connectivity index is 1.67. The van der Waals surface area contributed by atoms with E-state index in [1.807, 2.05) is 6.92 Å². The molecule has 192 valence electrons. The minimum Gasteiger partial charge on any atom is -0.507 e. The van der Waals surface area contributed by atoms with Crippen molar-refractivity contribution in [2.45, 2.75) is 31.4 Å². The van der Waals surface area contributed by atoms with Crippen LogP contribution in [-0.4, -0.2) is 74.9 Å². The van der Waals surface area contributed by atoms with Crippen LogP contribution in [0.5, 0.6) is 5.75 Å². The second-order valence-corrected chi connectivity index (χ2v) is 10.5. The van der Waals surface area contributed by atoms with Crippen molar-refractivity contribution in [2.24, 2.45) is 29.4 Å². The van der Waals surface area contributed by atoms with E-state index in [1.54, 1.807) is 38.6 Å². The second-order valence-electron chi connectivity index (χ2n) is 10.5. The van der Waals surface area contributed by atoms with Crippen LogP contribution in [0, 0.1) is 30.6 Å². The molecule has 1 heterocycles. The fourth-order valence-corrected chi connectivity index (χ4v) is 6.63. The van der Waals surface area contributed by atoms with Gasteiger partial charge in [0.05, 0.1) is 17.5 Å². The molecule has 10 heteroatoms. The van der Waals surface area contributed by atoms with Crippen LogP contribution in [0.4, 0.5) is 0 Å². The largest absolute Gasteiger partial charge is 0.507 e. The zero-order chi connectivity index (χ0) is 27.0. The normalized spacial score (nSPS) is 31.1. The van der Waals surface area contributed by atoms with Crippen LogP contribution < -0.4 is 5.73 Å². The van der Waals surface area contributed by atoms with Crippen molar-refractivity contribution >= 4 is 29.0 Å². The highest BCUT2D eigenvalue weighted by Crippen LogP contribution is 2.51. The van der Waals surface area contributed by atoms with Crippen molar-refractivity contribution in [3.63, 3.8) is 0 Å². The van der Waals surface area contributed by atoms with Crippen molar-refractivity contribution in [3.05, 3.63) is 47.3 Å². The summed E-state index contributed by atoms with van der Waals surface area (Å²) in [5.41, 5.74) is 5.52. The molecule has 0 spiro atoms. The number of ketones is 4. The number of hydrogen-bond donors (Lipinski definition) is 3. The van der Waals surface area contributed by atoms with Gasteiger partial charge in [0.2, 0.25) is 5.91 Å². The van der Waals surface area contributed by atoms with Gasteiger partial charge in [-0.25, -0.2) is 0 Å². The summed E-state index contributed by atoms with van der Waals surface area (Å²) in [6.45, 7) is 1.87. The number of amides is 1. The molecule has 3 aliphatic rings. The summed E-state index contributed by atoms with van der Waals surface area (Å²) in [6.07, 6.45) is 3.52. The van der Waals surface area contributed by atoms with Gasteiger partial charge in [0.15, 0.2) is 34.7 Å². The fourth-order valence-electron chi connectivity index (χ4n) is 6.63. The average molecular weight is 506 g/mol. The summed E-state index contributed by atoms with van der Waals surface area (Å²) >= 11 is 0. The van der Waals surface area contributed by atoms with Crippen LogP contribution in [-0.2, 0) is 25.6 Å². The first-order valence-electron chi connectivity index (χ1n) is 12.0. The third-order valence-electron chi connectivity index (χ3n) is 8.26. The first-order chi connectivity index (χ1) is 17.4. The number of hydrogen-bond acceptors (Lipinski definition) is 9. The zero-order valence-electron chi connectivity index (χ0n) is 20.6. The Bertz CT molecular complexity index is 1400. The SMILES string of the molecule is Cc1cnccc1-c1ccc(O)c2c1CC1CC3C(N(C)C)C(=O)C(C(N)=O)C(=O)C3(O)C(=O)C1C2=O. The molecule has 2 aromatic rings. The van der Waals surface area contributed by atoms with Gasteiger partial charge in [-0.05, 0) is 74.2 Å². The maximum atomic E-state index is 13.8. The van der Waals surface area contributed by atoms with Crippen molar-refractivity contribution in [2.75, 3.05) is 14.1 Å². The molecule has 1 amide bonds. The van der Waals surface area contributed by atoms with Gasteiger partial charge in [0, 0.05) is 18.3 Å². The number of pyridine rings is 1. The monoisotopic (exact) mass is 505 g/mol. The number of Topliss-reactive ketones (excluding diaryl/α,β-unsaturated/α-hetero) is 4. The molecule has 1 aromatic heterocycles. The number of fused-ring (bicyclic) bond motifs is 3. The lowest BCUT2D eigenvalue weighted by atomic mass is 9.52. The lowest BCUT2D eigenvalue weighted by Crippen LogP contribution is -2.74. The molecule has 1 aromatic carbocycles. The number of benzene rings is 1. The molecule has 3 aliphatic carbocycles. The van der Waals surface area contributed by atoms with E-state index in [0.29, 0.717) is 11.1 Å². The van der Waals surface area contributed by atoms with Crippen molar-refractivity contribution in [1.82, 2.24) is 9.88 Å². The molecule has 0 saturated heterocycles. The van der Waals surface area contributed by atoms with Crippen molar-refractivity contribution in [3.8, 4) is 16.9 Å². The molecule has 10 nitrogen and oxygen atoms in total.